The Labute approximate surface area is 78.4 Å². The average Bonchev–Trinajstić information content (AvgIpc) is 2.04. The molecule has 0 unspecified atom stereocenters. The Balaban J connectivity index is 2.62. The minimum absolute atomic E-state index is 0.467. The van der Waals surface area contributed by atoms with Gasteiger partial charge in [0.1, 0.15) is 0 Å². The SMILES string of the molecule is CC(=O)OS(=O)(=O)C1CCCCC1. The standard InChI is InChI=1S/C8H14O4S/c1-7(9)12-13(10,11)8-5-3-2-4-6-8/h8H,2-6H2,1H3. The molecule has 1 saturated carbocycles. The average molecular weight is 206 g/mol. The van der Waals surface area contributed by atoms with Crippen molar-refractivity contribution in [2.75, 3.05) is 0 Å². The van der Waals surface area contributed by atoms with E-state index in [9.17, 15) is 13.2 Å². The van der Waals surface area contributed by atoms with Crippen LogP contribution in [-0.4, -0.2) is 19.6 Å². The Bertz CT molecular complexity index is 275. The Morgan fingerprint density at radius 3 is 2.23 bits per heavy atom. The Morgan fingerprint density at radius 2 is 1.77 bits per heavy atom. The molecule has 0 amide bonds. The molecule has 0 bridgehead atoms. The van der Waals surface area contributed by atoms with E-state index in [0.717, 1.165) is 26.2 Å². The van der Waals surface area contributed by atoms with Gasteiger partial charge >= 0.3 is 16.1 Å². The van der Waals surface area contributed by atoms with Gasteiger partial charge in [-0.2, -0.15) is 8.42 Å². The van der Waals surface area contributed by atoms with Gasteiger partial charge in [-0.3, -0.25) is 4.79 Å². The second kappa shape index (κ2) is 4.09. The maximum atomic E-state index is 11.4. The summed E-state index contributed by atoms with van der Waals surface area (Å²) >= 11 is 0. The Morgan fingerprint density at radius 1 is 1.23 bits per heavy atom. The van der Waals surface area contributed by atoms with Gasteiger partial charge in [0.2, 0.25) is 0 Å². The third-order valence-electron chi connectivity index (χ3n) is 2.19. The fourth-order valence-electron chi connectivity index (χ4n) is 1.59. The number of carbonyl (C=O) groups excluding carboxylic acids is 1. The summed E-state index contributed by atoms with van der Waals surface area (Å²) in [5.41, 5.74) is 0. The number of hydrogen-bond acceptors (Lipinski definition) is 4. The van der Waals surface area contributed by atoms with Crippen molar-refractivity contribution in [3.05, 3.63) is 0 Å². The highest BCUT2D eigenvalue weighted by molar-refractivity contribution is 7.87. The molecule has 0 radical (unpaired) electrons. The van der Waals surface area contributed by atoms with E-state index in [2.05, 4.69) is 4.18 Å². The quantitative estimate of drug-likeness (QED) is 0.637. The molecule has 76 valence electrons. The van der Waals surface area contributed by atoms with Crippen LogP contribution in [0, 0.1) is 0 Å². The second-order valence-corrected chi connectivity index (χ2v) is 5.15. The molecule has 13 heavy (non-hydrogen) atoms. The molecule has 0 aromatic rings. The van der Waals surface area contributed by atoms with Crippen molar-refractivity contribution in [2.24, 2.45) is 0 Å². The summed E-state index contributed by atoms with van der Waals surface area (Å²) in [6.07, 6.45) is 4.13. The number of carbonyl (C=O) groups is 1. The van der Waals surface area contributed by atoms with Gasteiger partial charge in [0.25, 0.3) is 0 Å². The highest BCUT2D eigenvalue weighted by atomic mass is 32.2. The predicted molar refractivity (Wildman–Crippen MR) is 47.6 cm³/mol. The number of rotatable bonds is 2. The van der Waals surface area contributed by atoms with Gasteiger partial charge in [-0.05, 0) is 12.8 Å². The normalized spacial score (nSPS) is 19.8. The molecule has 0 aromatic heterocycles. The monoisotopic (exact) mass is 206 g/mol. The molecule has 0 aliphatic heterocycles. The lowest BCUT2D eigenvalue weighted by molar-refractivity contribution is -0.131. The van der Waals surface area contributed by atoms with Crippen molar-refractivity contribution in [2.45, 2.75) is 44.3 Å². The van der Waals surface area contributed by atoms with Crippen LogP contribution in [0.25, 0.3) is 0 Å². The third-order valence-corrected chi connectivity index (χ3v) is 3.95. The van der Waals surface area contributed by atoms with Gasteiger partial charge in [-0.25, -0.2) is 0 Å². The molecule has 0 spiro atoms. The van der Waals surface area contributed by atoms with Crippen molar-refractivity contribution >= 4 is 16.1 Å². The zero-order valence-electron chi connectivity index (χ0n) is 7.65. The summed E-state index contributed by atoms with van der Waals surface area (Å²) in [4.78, 5) is 10.5. The third kappa shape index (κ3) is 2.99. The summed E-state index contributed by atoms with van der Waals surface area (Å²) < 4.78 is 27.0. The highest BCUT2D eigenvalue weighted by Gasteiger charge is 2.29. The van der Waals surface area contributed by atoms with Crippen LogP contribution < -0.4 is 0 Å². The van der Waals surface area contributed by atoms with Crippen LogP contribution in [0.15, 0.2) is 0 Å². The largest absolute Gasteiger partial charge is 0.346 e. The molecule has 1 aliphatic carbocycles. The first-order chi connectivity index (χ1) is 6.02. The van der Waals surface area contributed by atoms with Gasteiger partial charge in [0.15, 0.2) is 0 Å². The van der Waals surface area contributed by atoms with E-state index >= 15 is 0 Å². The van der Waals surface area contributed by atoms with Crippen LogP contribution in [0.1, 0.15) is 39.0 Å². The van der Waals surface area contributed by atoms with Crippen LogP contribution in [-0.2, 0) is 19.1 Å². The fourth-order valence-corrected chi connectivity index (χ4v) is 2.96. The van der Waals surface area contributed by atoms with Gasteiger partial charge in [0, 0.05) is 6.92 Å². The molecule has 1 rings (SSSR count). The molecule has 4 nitrogen and oxygen atoms in total. The van der Waals surface area contributed by atoms with Crippen LogP contribution in [0.2, 0.25) is 0 Å². The molecule has 1 fully saturated rings. The lowest BCUT2D eigenvalue weighted by atomic mass is 10.0. The molecule has 0 atom stereocenters. The molecule has 0 N–H and O–H groups in total. The van der Waals surface area contributed by atoms with Gasteiger partial charge in [0.05, 0.1) is 5.25 Å². The fraction of sp³-hybridized carbons (Fsp3) is 0.875. The van der Waals surface area contributed by atoms with Gasteiger partial charge in [-0.1, -0.05) is 19.3 Å². The first-order valence-electron chi connectivity index (χ1n) is 4.46. The van der Waals surface area contributed by atoms with E-state index in [0.29, 0.717) is 12.8 Å². The Hall–Kier alpha value is -0.580. The van der Waals surface area contributed by atoms with Crippen molar-refractivity contribution in [3.63, 3.8) is 0 Å². The van der Waals surface area contributed by atoms with Crippen molar-refractivity contribution in [3.8, 4) is 0 Å². The van der Waals surface area contributed by atoms with E-state index in [4.69, 9.17) is 0 Å². The first kappa shape index (κ1) is 10.5. The van der Waals surface area contributed by atoms with E-state index in [1.165, 1.54) is 0 Å². The van der Waals surface area contributed by atoms with Crippen molar-refractivity contribution < 1.29 is 17.4 Å². The van der Waals surface area contributed by atoms with Crippen molar-refractivity contribution in [1.82, 2.24) is 0 Å². The molecule has 0 saturated heterocycles. The number of hydrogen-bond donors (Lipinski definition) is 0. The lowest BCUT2D eigenvalue weighted by Crippen LogP contribution is -2.27. The zero-order chi connectivity index (χ0) is 9.90. The van der Waals surface area contributed by atoms with Crippen LogP contribution in [0.3, 0.4) is 0 Å². The zero-order valence-corrected chi connectivity index (χ0v) is 8.47. The molecule has 5 heteroatoms. The minimum Gasteiger partial charge on any atom is -0.346 e. The van der Waals surface area contributed by atoms with Crippen LogP contribution in [0.5, 0.6) is 0 Å². The highest BCUT2D eigenvalue weighted by Crippen LogP contribution is 2.24. The summed E-state index contributed by atoms with van der Waals surface area (Å²) in [6, 6.07) is 0. The summed E-state index contributed by atoms with van der Waals surface area (Å²) in [7, 11) is -3.63. The summed E-state index contributed by atoms with van der Waals surface area (Å²) in [5, 5.41) is -0.467. The molecular weight excluding hydrogens is 192 g/mol. The van der Waals surface area contributed by atoms with Gasteiger partial charge < -0.3 is 4.18 Å². The summed E-state index contributed by atoms with van der Waals surface area (Å²) in [5.74, 6) is -0.745. The summed E-state index contributed by atoms with van der Waals surface area (Å²) in [6.45, 7) is 1.11. The van der Waals surface area contributed by atoms with Crippen LogP contribution in [0.4, 0.5) is 0 Å². The van der Waals surface area contributed by atoms with E-state index in [1.807, 2.05) is 0 Å². The minimum atomic E-state index is -3.63. The second-order valence-electron chi connectivity index (χ2n) is 3.33. The predicted octanol–water partition coefficient (Wildman–Crippen LogP) is 1.21. The Kier molecular flexibility index (Phi) is 3.30. The lowest BCUT2D eigenvalue weighted by Gasteiger charge is -2.20. The van der Waals surface area contributed by atoms with Gasteiger partial charge in [-0.15, -0.1) is 0 Å². The first-order valence-corrected chi connectivity index (χ1v) is 5.93. The molecule has 1 aliphatic rings. The molecular formula is C8H14O4S. The topological polar surface area (TPSA) is 60.4 Å². The van der Waals surface area contributed by atoms with Crippen LogP contribution >= 0.6 is 0 Å². The molecule has 0 heterocycles. The van der Waals surface area contributed by atoms with E-state index in [-0.39, 0.29) is 0 Å². The maximum Gasteiger partial charge on any atom is 0.319 e. The smallest absolute Gasteiger partial charge is 0.319 e. The van der Waals surface area contributed by atoms with E-state index < -0.39 is 21.3 Å². The maximum absolute atomic E-state index is 11.4. The van der Waals surface area contributed by atoms with E-state index in [1.54, 1.807) is 0 Å². The molecule has 0 aromatic carbocycles. The van der Waals surface area contributed by atoms with Crippen molar-refractivity contribution in [1.29, 1.82) is 0 Å².